The minimum absolute atomic E-state index is 0.0488. The molecule has 0 saturated carbocycles. The van der Waals surface area contributed by atoms with E-state index in [9.17, 15) is 14.9 Å². The van der Waals surface area contributed by atoms with Crippen molar-refractivity contribution < 1.29 is 14.5 Å². The van der Waals surface area contributed by atoms with Crippen LogP contribution in [0.15, 0.2) is 18.2 Å². The molecule has 1 amide bonds. The van der Waals surface area contributed by atoms with E-state index in [4.69, 9.17) is 4.74 Å². The quantitative estimate of drug-likeness (QED) is 0.603. The summed E-state index contributed by atoms with van der Waals surface area (Å²) in [5, 5.41) is 11.2. The standard InChI is InChI=1S/C17H24N4O4/c1-18-5-2-6-20(8-7-18)17(22)15-13-14(21(23)24)3-4-16(15)19-9-11-25-12-10-19/h3-4,13H,2,5-12H2,1H3. The lowest BCUT2D eigenvalue weighted by Crippen LogP contribution is -2.39. The molecule has 2 aliphatic heterocycles. The molecule has 0 radical (unpaired) electrons. The highest BCUT2D eigenvalue weighted by Crippen LogP contribution is 2.28. The van der Waals surface area contributed by atoms with Gasteiger partial charge in [-0.3, -0.25) is 14.9 Å². The molecule has 8 nitrogen and oxygen atoms in total. The Hall–Kier alpha value is -2.19. The van der Waals surface area contributed by atoms with Crippen molar-refractivity contribution in [3.8, 4) is 0 Å². The number of non-ortho nitro benzene ring substituents is 1. The lowest BCUT2D eigenvalue weighted by Gasteiger charge is -2.31. The Morgan fingerprint density at radius 3 is 2.60 bits per heavy atom. The third-order valence-electron chi connectivity index (χ3n) is 4.78. The van der Waals surface area contributed by atoms with Crippen LogP contribution in [0.2, 0.25) is 0 Å². The zero-order chi connectivity index (χ0) is 17.8. The number of nitro benzene ring substituents is 1. The Balaban J connectivity index is 1.91. The number of amides is 1. The van der Waals surface area contributed by atoms with E-state index in [-0.39, 0.29) is 11.6 Å². The van der Waals surface area contributed by atoms with Gasteiger partial charge in [0.1, 0.15) is 0 Å². The SMILES string of the molecule is CN1CCCN(C(=O)c2cc([N+](=O)[O-])ccc2N2CCOCC2)CC1. The van der Waals surface area contributed by atoms with E-state index in [1.165, 1.54) is 12.1 Å². The Morgan fingerprint density at radius 1 is 1.12 bits per heavy atom. The van der Waals surface area contributed by atoms with E-state index in [0.717, 1.165) is 25.2 Å². The molecule has 2 saturated heterocycles. The van der Waals surface area contributed by atoms with Gasteiger partial charge >= 0.3 is 0 Å². The van der Waals surface area contributed by atoms with E-state index in [1.807, 2.05) is 11.9 Å². The molecule has 1 aromatic carbocycles. The molecule has 0 unspecified atom stereocenters. The van der Waals surface area contributed by atoms with Crippen LogP contribution in [-0.4, -0.2) is 80.2 Å². The smallest absolute Gasteiger partial charge is 0.270 e. The molecular weight excluding hydrogens is 324 g/mol. The summed E-state index contributed by atoms with van der Waals surface area (Å²) in [5.74, 6) is -0.125. The van der Waals surface area contributed by atoms with Crippen LogP contribution in [0.3, 0.4) is 0 Å². The highest BCUT2D eigenvalue weighted by Gasteiger charge is 2.26. The fraction of sp³-hybridized carbons (Fsp3) is 0.588. The first-order valence-corrected chi connectivity index (χ1v) is 8.65. The van der Waals surface area contributed by atoms with E-state index < -0.39 is 4.92 Å². The monoisotopic (exact) mass is 348 g/mol. The second-order valence-corrected chi connectivity index (χ2v) is 6.51. The number of nitrogens with zero attached hydrogens (tertiary/aromatic N) is 4. The predicted octanol–water partition coefficient (Wildman–Crippen LogP) is 1.21. The molecule has 0 N–H and O–H groups in total. The van der Waals surface area contributed by atoms with Crippen molar-refractivity contribution in [2.45, 2.75) is 6.42 Å². The summed E-state index contributed by atoms with van der Waals surface area (Å²) in [6.45, 7) is 5.64. The van der Waals surface area contributed by atoms with Crippen molar-refractivity contribution in [2.75, 3.05) is 64.4 Å². The van der Waals surface area contributed by atoms with Crippen LogP contribution in [0, 0.1) is 10.1 Å². The summed E-state index contributed by atoms with van der Waals surface area (Å²) in [6.07, 6.45) is 0.907. The predicted molar refractivity (Wildman–Crippen MR) is 94.1 cm³/mol. The summed E-state index contributed by atoms with van der Waals surface area (Å²) in [6, 6.07) is 4.58. The summed E-state index contributed by atoms with van der Waals surface area (Å²) in [5.41, 5.74) is 1.13. The van der Waals surface area contributed by atoms with Gasteiger partial charge in [-0.1, -0.05) is 0 Å². The van der Waals surface area contributed by atoms with Crippen LogP contribution < -0.4 is 4.90 Å². The molecule has 2 heterocycles. The molecular formula is C17H24N4O4. The molecule has 0 bridgehead atoms. The van der Waals surface area contributed by atoms with Gasteiger partial charge in [0.25, 0.3) is 11.6 Å². The van der Waals surface area contributed by atoms with E-state index in [2.05, 4.69) is 9.80 Å². The van der Waals surface area contributed by atoms with Crippen molar-refractivity contribution in [1.29, 1.82) is 0 Å². The first kappa shape index (κ1) is 17.6. The number of likely N-dealkylation sites (N-methyl/N-ethyl adjacent to an activating group) is 1. The molecule has 0 aliphatic carbocycles. The maximum absolute atomic E-state index is 13.1. The van der Waals surface area contributed by atoms with Crippen LogP contribution in [0.5, 0.6) is 0 Å². The number of nitro groups is 1. The third-order valence-corrected chi connectivity index (χ3v) is 4.78. The van der Waals surface area contributed by atoms with E-state index in [1.54, 1.807) is 6.07 Å². The molecule has 1 aromatic rings. The average Bonchev–Trinajstić information content (AvgIpc) is 2.86. The number of ether oxygens (including phenoxy) is 1. The van der Waals surface area contributed by atoms with Crippen LogP contribution in [0.4, 0.5) is 11.4 Å². The first-order valence-electron chi connectivity index (χ1n) is 8.65. The molecule has 25 heavy (non-hydrogen) atoms. The molecule has 0 aromatic heterocycles. The van der Waals surface area contributed by atoms with E-state index in [0.29, 0.717) is 45.0 Å². The molecule has 2 aliphatic rings. The fourth-order valence-electron chi connectivity index (χ4n) is 3.31. The van der Waals surface area contributed by atoms with Crippen LogP contribution >= 0.6 is 0 Å². The highest BCUT2D eigenvalue weighted by atomic mass is 16.6. The molecule has 2 fully saturated rings. The van der Waals surface area contributed by atoms with Gasteiger partial charge in [0.05, 0.1) is 29.4 Å². The molecule has 3 rings (SSSR count). The summed E-state index contributed by atoms with van der Waals surface area (Å²) in [4.78, 5) is 29.9. The van der Waals surface area contributed by atoms with Crippen molar-refractivity contribution in [2.24, 2.45) is 0 Å². The van der Waals surface area contributed by atoms with Crippen molar-refractivity contribution >= 4 is 17.3 Å². The van der Waals surface area contributed by atoms with Crippen molar-refractivity contribution in [3.63, 3.8) is 0 Å². The number of carbonyl (C=O) groups is 1. The number of carbonyl (C=O) groups excluding carboxylic acids is 1. The van der Waals surface area contributed by atoms with E-state index >= 15 is 0 Å². The normalized spacial score (nSPS) is 19.6. The fourth-order valence-corrected chi connectivity index (χ4v) is 3.31. The summed E-state index contributed by atoms with van der Waals surface area (Å²) in [7, 11) is 2.04. The Kier molecular flexibility index (Phi) is 5.50. The van der Waals surface area contributed by atoms with Crippen molar-refractivity contribution in [1.82, 2.24) is 9.80 Å². The molecule has 0 spiro atoms. The minimum Gasteiger partial charge on any atom is -0.378 e. The number of hydrogen-bond donors (Lipinski definition) is 0. The lowest BCUT2D eigenvalue weighted by molar-refractivity contribution is -0.384. The number of benzene rings is 1. The summed E-state index contributed by atoms with van der Waals surface area (Å²) >= 11 is 0. The Bertz CT molecular complexity index is 646. The number of anilines is 1. The Labute approximate surface area is 147 Å². The number of morpholine rings is 1. The maximum Gasteiger partial charge on any atom is 0.270 e. The molecule has 0 atom stereocenters. The second-order valence-electron chi connectivity index (χ2n) is 6.51. The maximum atomic E-state index is 13.1. The zero-order valence-electron chi connectivity index (χ0n) is 14.5. The van der Waals surface area contributed by atoms with Gasteiger partial charge in [0.2, 0.25) is 0 Å². The van der Waals surface area contributed by atoms with Crippen LogP contribution in [0.1, 0.15) is 16.8 Å². The lowest BCUT2D eigenvalue weighted by atomic mass is 10.1. The zero-order valence-corrected chi connectivity index (χ0v) is 14.5. The topological polar surface area (TPSA) is 79.2 Å². The van der Waals surface area contributed by atoms with Gasteiger partial charge in [-0.2, -0.15) is 0 Å². The van der Waals surface area contributed by atoms with Gasteiger partial charge in [-0.25, -0.2) is 0 Å². The van der Waals surface area contributed by atoms with Gasteiger partial charge in [0.15, 0.2) is 0 Å². The first-order chi connectivity index (χ1) is 12.1. The van der Waals surface area contributed by atoms with Gasteiger partial charge in [-0.15, -0.1) is 0 Å². The van der Waals surface area contributed by atoms with Gasteiger partial charge < -0.3 is 19.4 Å². The second kappa shape index (κ2) is 7.79. The highest BCUT2D eigenvalue weighted by molar-refractivity contribution is 6.00. The summed E-state index contributed by atoms with van der Waals surface area (Å²) < 4.78 is 5.38. The third kappa shape index (κ3) is 4.08. The largest absolute Gasteiger partial charge is 0.378 e. The number of hydrogen-bond acceptors (Lipinski definition) is 6. The molecule has 136 valence electrons. The number of rotatable bonds is 3. The average molecular weight is 348 g/mol. The van der Waals surface area contributed by atoms with Crippen molar-refractivity contribution in [3.05, 3.63) is 33.9 Å². The van der Waals surface area contributed by atoms with Gasteiger partial charge in [-0.05, 0) is 26.1 Å². The van der Waals surface area contributed by atoms with Crippen LogP contribution in [0.25, 0.3) is 0 Å². The molecule has 8 heteroatoms. The minimum atomic E-state index is -0.448. The Morgan fingerprint density at radius 2 is 1.88 bits per heavy atom. The van der Waals surface area contributed by atoms with Gasteiger partial charge in [0, 0.05) is 44.9 Å². The van der Waals surface area contributed by atoms with Crippen LogP contribution in [-0.2, 0) is 4.74 Å².